The van der Waals surface area contributed by atoms with E-state index in [1.807, 2.05) is 30.3 Å². The highest BCUT2D eigenvalue weighted by Crippen LogP contribution is 2.06. The first-order valence-corrected chi connectivity index (χ1v) is 8.34. The van der Waals surface area contributed by atoms with Gasteiger partial charge in [0, 0.05) is 19.5 Å². The molecular formula is C18H27N3O5. The van der Waals surface area contributed by atoms with E-state index in [2.05, 4.69) is 16.0 Å². The summed E-state index contributed by atoms with van der Waals surface area (Å²) >= 11 is 0. The molecular weight excluding hydrogens is 338 g/mol. The van der Waals surface area contributed by atoms with E-state index in [9.17, 15) is 14.4 Å². The summed E-state index contributed by atoms with van der Waals surface area (Å²) in [7, 11) is 1.27. The summed E-state index contributed by atoms with van der Waals surface area (Å²) in [5.74, 6) is -0.532. The van der Waals surface area contributed by atoms with E-state index in [1.54, 1.807) is 20.8 Å². The summed E-state index contributed by atoms with van der Waals surface area (Å²) in [5, 5.41) is 7.67. The number of amides is 3. The Morgan fingerprint density at radius 1 is 1.04 bits per heavy atom. The van der Waals surface area contributed by atoms with Crippen molar-refractivity contribution in [3.05, 3.63) is 35.9 Å². The Balaban J connectivity index is 2.40. The van der Waals surface area contributed by atoms with Crippen LogP contribution < -0.4 is 16.0 Å². The second kappa shape index (κ2) is 10.3. The van der Waals surface area contributed by atoms with Crippen molar-refractivity contribution in [3.63, 3.8) is 0 Å². The van der Waals surface area contributed by atoms with Crippen molar-refractivity contribution in [2.24, 2.45) is 0 Å². The molecule has 144 valence electrons. The van der Waals surface area contributed by atoms with E-state index in [0.29, 0.717) is 6.42 Å². The molecule has 8 nitrogen and oxygen atoms in total. The van der Waals surface area contributed by atoms with Gasteiger partial charge in [0.05, 0.1) is 7.11 Å². The fourth-order valence-corrected chi connectivity index (χ4v) is 2.05. The average Bonchev–Trinajstić information content (AvgIpc) is 2.57. The molecule has 1 aromatic carbocycles. The lowest BCUT2D eigenvalue weighted by molar-refractivity contribution is -0.142. The van der Waals surface area contributed by atoms with Gasteiger partial charge in [0.1, 0.15) is 11.6 Å². The normalized spacial score (nSPS) is 11.8. The first-order chi connectivity index (χ1) is 12.2. The van der Waals surface area contributed by atoms with E-state index >= 15 is 0 Å². The molecule has 0 aliphatic heterocycles. The molecule has 0 heterocycles. The van der Waals surface area contributed by atoms with Crippen LogP contribution in [-0.4, -0.2) is 49.9 Å². The largest absolute Gasteiger partial charge is 0.467 e. The van der Waals surface area contributed by atoms with Crippen molar-refractivity contribution < 1.29 is 23.9 Å². The molecule has 0 aliphatic rings. The smallest absolute Gasteiger partial charge is 0.407 e. The van der Waals surface area contributed by atoms with Crippen molar-refractivity contribution in [3.8, 4) is 0 Å². The standard InChI is InChI=1S/C18H27N3O5/c1-18(2,3)26-17(24)20-11-10-19-16(23)21-14(15(22)25-4)12-13-8-6-5-7-9-13/h5-9,14H,10-12H2,1-4H3,(H,20,24)(H2,19,21,23)/t14-/m0/s1. The van der Waals surface area contributed by atoms with Crippen molar-refractivity contribution >= 4 is 18.1 Å². The molecule has 0 aliphatic carbocycles. The number of rotatable bonds is 7. The second-order valence-corrected chi connectivity index (χ2v) is 6.59. The molecule has 3 amide bonds. The maximum absolute atomic E-state index is 12.0. The number of hydrogen-bond donors (Lipinski definition) is 3. The lowest BCUT2D eigenvalue weighted by atomic mass is 10.1. The number of urea groups is 1. The van der Waals surface area contributed by atoms with Crippen LogP contribution in [0.2, 0.25) is 0 Å². The van der Waals surface area contributed by atoms with E-state index in [1.165, 1.54) is 7.11 Å². The topological polar surface area (TPSA) is 106 Å². The molecule has 0 unspecified atom stereocenters. The maximum atomic E-state index is 12.0. The zero-order chi connectivity index (χ0) is 19.6. The van der Waals surface area contributed by atoms with Gasteiger partial charge in [-0.05, 0) is 26.3 Å². The van der Waals surface area contributed by atoms with Gasteiger partial charge in [0.2, 0.25) is 0 Å². The highest BCUT2D eigenvalue weighted by Gasteiger charge is 2.22. The van der Waals surface area contributed by atoms with Gasteiger partial charge in [0.15, 0.2) is 0 Å². The summed E-state index contributed by atoms with van der Waals surface area (Å²) in [5.41, 5.74) is 0.315. The Morgan fingerprint density at radius 3 is 2.23 bits per heavy atom. The summed E-state index contributed by atoms with van der Waals surface area (Å²) in [4.78, 5) is 35.3. The molecule has 0 fully saturated rings. The molecule has 26 heavy (non-hydrogen) atoms. The minimum Gasteiger partial charge on any atom is -0.467 e. The first-order valence-electron chi connectivity index (χ1n) is 8.34. The van der Waals surface area contributed by atoms with Gasteiger partial charge in [-0.3, -0.25) is 0 Å². The Kier molecular flexibility index (Phi) is 8.41. The second-order valence-electron chi connectivity index (χ2n) is 6.59. The van der Waals surface area contributed by atoms with Crippen LogP contribution in [-0.2, 0) is 20.7 Å². The Bertz CT molecular complexity index is 599. The maximum Gasteiger partial charge on any atom is 0.407 e. The van der Waals surface area contributed by atoms with Gasteiger partial charge in [-0.25, -0.2) is 14.4 Å². The molecule has 1 rings (SSSR count). The van der Waals surface area contributed by atoms with Crippen molar-refractivity contribution in [1.29, 1.82) is 0 Å². The lowest BCUT2D eigenvalue weighted by Gasteiger charge is -2.20. The van der Waals surface area contributed by atoms with Gasteiger partial charge in [-0.2, -0.15) is 0 Å². The van der Waals surface area contributed by atoms with E-state index in [0.717, 1.165) is 5.56 Å². The van der Waals surface area contributed by atoms with Crippen molar-refractivity contribution in [1.82, 2.24) is 16.0 Å². The Hall–Kier alpha value is -2.77. The summed E-state index contributed by atoms with van der Waals surface area (Å²) in [6, 6.07) is 7.97. The zero-order valence-corrected chi connectivity index (χ0v) is 15.6. The quantitative estimate of drug-likeness (QED) is 0.503. The molecule has 0 saturated heterocycles. The molecule has 1 aromatic rings. The fraction of sp³-hybridized carbons (Fsp3) is 0.500. The first kappa shape index (κ1) is 21.3. The van der Waals surface area contributed by atoms with Crippen molar-refractivity contribution in [2.45, 2.75) is 38.8 Å². The third kappa shape index (κ3) is 8.91. The molecule has 0 saturated carbocycles. The average molecular weight is 365 g/mol. The summed E-state index contributed by atoms with van der Waals surface area (Å²) in [6.45, 7) is 5.67. The number of benzene rings is 1. The van der Waals surface area contributed by atoms with Crippen LogP contribution in [0.3, 0.4) is 0 Å². The predicted octanol–water partition coefficient (Wildman–Crippen LogP) is 1.59. The number of nitrogens with one attached hydrogen (secondary N) is 3. The lowest BCUT2D eigenvalue weighted by Crippen LogP contribution is -2.49. The molecule has 3 N–H and O–H groups in total. The van der Waals surface area contributed by atoms with Gasteiger partial charge in [-0.15, -0.1) is 0 Å². The monoisotopic (exact) mass is 365 g/mol. The van der Waals surface area contributed by atoms with Crippen LogP contribution in [0.1, 0.15) is 26.3 Å². The van der Waals surface area contributed by atoms with E-state index in [4.69, 9.17) is 9.47 Å². The van der Waals surface area contributed by atoms with E-state index < -0.39 is 29.7 Å². The molecule has 8 heteroatoms. The van der Waals surface area contributed by atoms with Gasteiger partial charge >= 0.3 is 18.1 Å². The van der Waals surface area contributed by atoms with Crippen LogP contribution in [0, 0.1) is 0 Å². The molecule has 0 aromatic heterocycles. The third-order valence-corrected chi connectivity index (χ3v) is 3.15. The van der Waals surface area contributed by atoms with Crippen LogP contribution >= 0.6 is 0 Å². The SMILES string of the molecule is COC(=O)[C@H](Cc1ccccc1)NC(=O)NCCNC(=O)OC(C)(C)C. The number of carbonyl (C=O) groups is 3. The predicted molar refractivity (Wildman–Crippen MR) is 96.7 cm³/mol. The Labute approximate surface area is 153 Å². The summed E-state index contributed by atoms with van der Waals surface area (Å²) < 4.78 is 9.82. The number of alkyl carbamates (subject to hydrolysis) is 1. The number of methoxy groups -OCH3 is 1. The number of hydrogen-bond acceptors (Lipinski definition) is 5. The highest BCUT2D eigenvalue weighted by molar-refractivity contribution is 5.83. The van der Waals surface area contributed by atoms with Crippen LogP contribution in [0.5, 0.6) is 0 Å². The van der Waals surface area contributed by atoms with E-state index in [-0.39, 0.29) is 13.1 Å². The van der Waals surface area contributed by atoms with Crippen molar-refractivity contribution in [2.75, 3.05) is 20.2 Å². The minimum atomic E-state index is -0.804. The third-order valence-electron chi connectivity index (χ3n) is 3.15. The van der Waals surface area contributed by atoms with Crippen LogP contribution in [0.4, 0.5) is 9.59 Å². The summed E-state index contributed by atoms with van der Waals surface area (Å²) in [6.07, 6.45) is -0.242. The van der Waals surface area contributed by atoms with Gasteiger partial charge < -0.3 is 25.4 Å². The fourth-order valence-electron chi connectivity index (χ4n) is 2.05. The molecule has 0 radical (unpaired) electrons. The van der Waals surface area contributed by atoms with Crippen LogP contribution in [0.25, 0.3) is 0 Å². The number of carbonyl (C=O) groups excluding carboxylic acids is 3. The molecule has 0 bridgehead atoms. The van der Waals surface area contributed by atoms with Crippen LogP contribution in [0.15, 0.2) is 30.3 Å². The number of ether oxygens (including phenoxy) is 2. The Morgan fingerprint density at radius 2 is 1.65 bits per heavy atom. The minimum absolute atomic E-state index is 0.185. The zero-order valence-electron chi connectivity index (χ0n) is 15.6. The molecule has 1 atom stereocenters. The highest BCUT2D eigenvalue weighted by atomic mass is 16.6. The molecule has 0 spiro atoms. The van der Waals surface area contributed by atoms with Gasteiger partial charge in [-0.1, -0.05) is 30.3 Å². The number of esters is 1. The van der Waals surface area contributed by atoms with Gasteiger partial charge in [0.25, 0.3) is 0 Å².